The molecule has 0 unspecified atom stereocenters. The molecular formula is C19H18Cl2N4O2. The van der Waals surface area contributed by atoms with E-state index >= 15 is 0 Å². The minimum atomic E-state index is -0.286. The molecule has 27 heavy (non-hydrogen) atoms. The molecule has 2 aromatic rings. The van der Waals surface area contributed by atoms with Crippen LogP contribution in [0.1, 0.15) is 30.4 Å². The third-order valence-electron chi connectivity index (χ3n) is 3.40. The van der Waals surface area contributed by atoms with Gasteiger partial charge in [-0.1, -0.05) is 59.6 Å². The molecule has 0 radical (unpaired) electrons. The summed E-state index contributed by atoms with van der Waals surface area (Å²) < 4.78 is 0. The molecular weight excluding hydrogens is 387 g/mol. The molecule has 0 aromatic heterocycles. The maximum absolute atomic E-state index is 11.7. The highest BCUT2D eigenvalue weighted by molar-refractivity contribution is 6.33. The lowest BCUT2D eigenvalue weighted by Crippen LogP contribution is -2.20. The van der Waals surface area contributed by atoms with Gasteiger partial charge >= 0.3 is 0 Å². The monoisotopic (exact) mass is 404 g/mol. The Kier molecular flexibility index (Phi) is 8.48. The molecule has 2 amide bonds. The van der Waals surface area contributed by atoms with E-state index < -0.39 is 0 Å². The van der Waals surface area contributed by atoms with Gasteiger partial charge in [0.1, 0.15) is 0 Å². The van der Waals surface area contributed by atoms with Crippen LogP contribution >= 0.6 is 23.2 Å². The molecule has 0 saturated carbocycles. The van der Waals surface area contributed by atoms with E-state index in [0.29, 0.717) is 27.6 Å². The smallest absolute Gasteiger partial charge is 0.240 e. The molecule has 0 atom stereocenters. The van der Waals surface area contributed by atoms with Gasteiger partial charge in [0.25, 0.3) is 0 Å². The van der Waals surface area contributed by atoms with Crippen LogP contribution in [0.2, 0.25) is 10.0 Å². The van der Waals surface area contributed by atoms with Crippen LogP contribution in [0.3, 0.4) is 0 Å². The normalized spacial score (nSPS) is 11.0. The average Bonchev–Trinajstić information content (AvgIpc) is 2.65. The standard InChI is InChI=1S/C19H18Cl2N4O2/c20-16-8-3-1-6-14(16)12-22-24-18(26)10-5-11-19(27)25-23-13-15-7-2-4-9-17(15)21/h1-4,6-9,12-13H,5,10-11H2,(H,24,26)(H,25,27)/b22-12-,23-13-. The first-order chi connectivity index (χ1) is 13.1. The molecule has 0 spiro atoms. The van der Waals surface area contributed by atoms with Crippen LogP contribution in [0.25, 0.3) is 0 Å². The largest absolute Gasteiger partial charge is 0.273 e. The van der Waals surface area contributed by atoms with E-state index in [1.165, 1.54) is 12.4 Å². The van der Waals surface area contributed by atoms with Crippen LogP contribution < -0.4 is 10.9 Å². The Balaban J connectivity index is 1.65. The van der Waals surface area contributed by atoms with Gasteiger partial charge < -0.3 is 0 Å². The first-order valence-electron chi connectivity index (χ1n) is 8.19. The zero-order chi connectivity index (χ0) is 19.5. The fourth-order valence-corrected chi connectivity index (χ4v) is 2.40. The second-order valence-electron chi connectivity index (χ2n) is 5.48. The first kappa shape index (κ1) is 20.6. The Hall–Kier alpha value is -2.70. The first-order valence-corrected chi connectivity index (χ1v) is 8.94. The molecule has 0 aliphatic carbocycles. The van der Waals surface area contributed by atoms with E-state index in [9.17, 15) is 9.59 Å². The number of benzene rings is 2. The van der Waals surface area contributed by atoms with E-state index in [1.54, 1.807) is 24.3 Å². The van der Waals surface area contributed by atoms with Crippen molar-refractivity contribution in [3.8, 4) is 0 Å². The number of hydrogen-bond donors (Lipinski definition) is 2. The second-order valence-corrected chi connectivity index (χ2v) is 6.30. The van der Waals surface area contributed by atoms with Gasteiger partial charge in [0.2, 0.25) is 11.8 Å². The van der Waals surface area contributed by atoms with Crippen LogP contribution in [-0.4, -0.2) is 24.2 Å². The van der Waals surface area contributed by atoms with Crippen LogP contribution in [0.15, 0.2) is 58.7 Å². The topological polar surface area (TPSA) is 82.9 Å². The van der Waals surface area contributed by atoms with E-state index in [1.807, 2.05) is 24.3 Å². The number of carbonyl (C=O) groups excluding carboxylic acids is 2. The Bertz CT molecular complexity index is 784. The predicted octanol–water partition coefficient (Wildman–Crippen LogP) is 3.76. The minimum Gasteiger partial charge on any atom is -0.273 e. The zero-order valence-electron chi connectivity index (χ0n) is 14.4. The Morgan fingerprint density at radius 3 is 1.59 bits per heavy atom. The van der Waals surface area contributed by atoms with Gasteiger partial charge in [-0.2, -0.15) is 10.2 Å². The molecule has 0 fully saturated rings. The van der Waals surface area contributed by atoms with E-state index in [2.05, 4.69) is 21.1 Å². The van der Waals surface area contributed by atoms with E-state index in [4.69, 9.17) is 23.2 Å². The minimum absolute atomic E-state index is 0.168. The quantitative estimate of drug-likeness (QED) is 0.518. The maximum Gasteiger partial charge on any atom is 0.240 e. The predicted molar refractivity (Wildman–Crippen MR) is 108 cm³/mol. The molecule has 0 bridgehead atoms. The van der Waals surface area contributed by atoms with Crippen molar-refractivity contribution in [2.75, 3.05) is 0 Å². The molecule has 0 aliphatic rings. The highest BCUT2D eigenvalue weighted by Crippen LogP contribution is 2.12. The summed E-state index contributed by atoms with van der Waals surface area (Å²) in [4.78, 5) is 23.4. The second kappa shape index (κ2) is 11.1. The number of hydrazone groups is 2. The highest BCUT2D eigenvalue weighted by Gasteiger charge is 2.04. The number of hydrogen-bond acceptors (Lipinski definition) is 4. The summed E-state index contributed by atoms with van der Waals surface area (Å²) in [6.45, 7) is 0. The SMILES string of the molecule is O=C(CCCC(=O)N/N=C\c1ccccc1Cl)N/N=C\c1ccccc1Cl. The molecule has 0 saturated heterocycles. The van der Waals surface area contributed by atoms with Gasteiger partial charge in [-0.3, -0.25) is 9.59 Å². The molecule has 140 valence electrons. The molecule has 0 heterocycles. The third-order valence-corrected chi connectivity index (χ3v) is 4.09. The van der Waals surface area contributed by atoms with Crippen LogP contribution in [0, 0.1) is 0 Å². The van der Waals surface area contributed by atoms with Crippen LogP contribution in [0.5, 0.6) is 0 Å². The van der Waals surface area contributed by atoms with Crippen molar-refractivity contribution in [2.24, 2.45) is 10.2 Å². The number of nitrogens with one attached hydrogen (secondary N) is 2. The van der Waals surface area contributed by atoms with Crippen molar-refractivity contribution in [3.05, 3.63) is 69.7 Å². The zero-order valence-corrected chi connectivity index (χ0v) is 15.9. The van der Waals surface area contributed by atoms with Gasteiger partial charge in [-0.25, -0.2) is 10.9 Å². The Morgan fingerprint density at radius 1 is 0.778 bits per heavy atom. The molecule has 0 aliphatic heterocycles. The molecule has 8 heteroatoms. The van der Waals surface area contributed by atoms with E-state index in [0.717, 1.165) is 0 Å². The highest BCUT2D eigenvalue weighted by atomic mass is 35.5. The van der Waals surface area contributed by atoms with Crippen molar-refractivity contribution in [2.45, 2.75) is 19.3 Å². The summed E-state index contributed by atoms with van der Waals surface area (Å²) in [5.41, 5.74) is 6.21. The van der Waals surface area contributed by atoms with Gasteiger partial charge in [-0.05, 0) is 18.6 Å². The van der Waals surface area contributed by atoms with Crippen molar-refractivity contribution in [1.29, 1.82) is 0 Å². The third kappa shape index (κ3) is 7.60. The maximum atomic E-state index is 11.7. The van der Waals surface area contributed by atoms with Gasteiger partial charge in [0.15, 0.2) is 0 Å². The Morgan fingerprint density at radius 2 is 1.19 bits per heavy atom. The fourth-order valence-electron chi connectivity index (χ4n) is 2.03. The van der Waals surface area contributed by atoms with Crippen LogP contribution in [-0.2, 0) is 9.59 Å². The average molecular weight is 405 g/mol. The Labute approximate surface area is 167 Å². The van der Waals surface area contributed by atoms with Crippen molar-refractivity contribution in [1.82, 2.24) is 10.9 Å². The number of halogens is 2. The fraction of sp³-hybridized carbons (Fsp3) is 0.158. The lowest BCUT2D eigenvalue weighted by molar-refractivity contribution is -0.122. The van der Waals surface area contributed by atoms with Crippen molar-refractivity contribution in [3.63, 3.8) is 0 Å². The van der Waals surface area contributed by atoms with Crippen LogP contribution in [0.4, 0.5) is 0 Å². The van der Waals surface area contributed by atoms with Crippen molar-refractivity contribution < 1.29 is 9.59 Å². The van der Waals surface area contributed by atoms with Gasteiger partial charge in [0, 0.05) is 34.0 Å². The number of nitrogens with zero attached hydrogens (tertiary/aromatic N) is 2. The summed E-state index contributed by atoms with van der Waals surface area (Å²) >= 11 is 12.0. The van der Waals surface area contributed by atoms with Gasteiger partial charge in [-0.15, -0.1) is 0 Å². The van der Waals surface area contributed by atoms with E-state index in [-0.39, 0.29) is 24.7 Å². The molecule has 6 nitrogen and oxygen atoms in total. The lowest BCUT2D eigenvalue weighted by Gasteiger charge is -2.01. The number of carbonyl (C=O) groups is 2. The summed E-state index contributed by atoms with van der Waals surface area (Å²) in [5.74, 6) is -0.573. The summed E-state index contributed by atoms with van der Waals surface area (Å²) in [6.07, 6.45) is 3.65. The summed E-state index contributed by atoms with van der Waals surface area (Å²) in [6, 6.07) is 14.3. The lowest BCUT2D eigenvalue weighted by atomic mass is 10.2. The van der Waals surface area contributed by atoms with Crippen molar-refractivity contribution >= 4 is 47.4 Å². The summed E-state index contributed by atoms with van der Waals surface area (Å²) in [5, 5.41) is 8.78. The number of amides is 2. The molecule has 2 N–H and O–H groups in total. The summed E-state index contributed by atoms with van der Waals surface area (Å²) in [7, 11) is 0. The van der Waals surface area contributed by atoms with Gasteiger partial charge in [0.05, 0.1) is 12.4 Å². The number of rotatable bonds is 8. The molecule has 2 rings (SSSR count). The molecule has 2 aromatic carbocycles.